The summed E-state index contributed by atoms with van der Waals surface area (Å²) in [4.78, 5) is 15.7. The second-order valence-electron chi connectivity index (χ2n) is 4.57. The first-order chi connectivity index (χ1) is 10.4. The van der Waals surface area contributed by atoms with Gasteiger partial charge in [-0.05, 0) is 19.1 Å². The lowest BCUT2D eigenvalue weighted by atomic mass is 10.2. The van der Waals surface area contributed by atoms with E-state index in [2.05, 4.69) is 9.38 Å². The van der Waals surface area contributed by atoms with Crippen LogP contribution in [0.1, 0.15) is 6.92 Å². The Kier molecular flexibility index (Phi) is 3.14. The Morgan fingerprint density at radius 2 is 2.05 bits per heavy atom. The number of pyridine rings is 1. The standard InChI is InChI=1S/C13H10N4O4S/c1-9-15-22(20,21)13-8-14-6-5-12(13)16(9)10-3-2-4-11(7-10)17(18)19/h2-8H,1H3. The van der Waals surface area contributed by atoms with Crippen molar-refractivity contribution in [3.8, 4) is 0 Å². The number of nitrogens with zero attached hydrogens (tertiary/aromatic N) is 4. The maximum absolute atomic E-state index is 12.1. The fourth-order valence-electron chi connectivity index (χ4n) is 2.27. The molecule has 0 fully saturated rings. The second kappa shape index (κ2) is 4.88. The number of anilines is 2. The number of hydrogen-bond acceptors (Lipinski definition) is 6. The molecule has 0 bridgehead atoms. The number of benzene rings is 1. The molecule has 1 aliphatic heterocycles. The van der Waals surface area contributed by atoms with E-state index in [1.54, 1.807) is 11.0 Å². The van der Waals surface area contributed by atoms with Gasteiger partial charge in [0.15, 0.2) is 0 Å². The van der Waals surface area contributed by atoms with Gasteiger partial charge in [-0.25, -0.2) is 0 Å². The molecule has 1 aromatic carbocycles. The van der Waals surface area contributed by atoms with Crippen LogP contribution in [0.25, 0.3) is 0 Å². The monoisotopic (exact) mass is 318 g/mol. The molecule has 0 saturated heterocycles. The Hall–Kier alpha value is -2.81. The molecular formula is C13H10N4O4S. The van der Waals surface area contributed by atoms with Crippen LogP contribution in [0, 0.1) is 10.1 Å². The van der Waals surface area contributed by atoms with E-state index in [0.717, 1.165) is 0 Å². The molecule has 0 spiro atoms. The van der Waals surface area contributed by atoms with Crippen LogP contribution in [-0.2, 0) is 10.0 Å². The summed E-state index contributed by atoms with van der Waals surface area (Å²) in [7, 11) is -3.81. The van der Waals surface area contributed by atoms with Gasteiger partial charge < -0.3 is 0 Å². The molecule has 22 heavy (non-hydrogen) atoms. The fraction of sp³-hybridized carbons (Fsp3) is 0.0769. The predicted octanol–water partition coefficient (Wildman–Crippen LogP) is 2.25. The van der Waals surface area contributed by atoms with Gasteiger partial charge in [-0.15, -0.1) is 4.40 Å². The summed E-state index contributed by atoms with van der Waals surface area (Å²) < 4.78 is 27.8. The molecule has 0 unspecified atom stereocenters. The van der Waals surface area contributed by atoms with Crippen molar-refractivity contribution in [1.29, 1.82) is 0 Å². The summed E-state index contributed by atoms with van der Waals surface area (Å²) in [6.07, 6.45) is 2.67. The van der Waals surface area contributed by atoms with Gasteiger partial charge in [0.2, 0.25) is 0 Å². The van der Waals surface area contributed by atoms with E-state index in [9.17, 15) is 18.5 Å². The molecule has 9 heteroatoms. The van der Waals surface area contributed by atoms with Gasteiger partial charge in [-0.2, -0.15) is 8.42 Å². The molecule has 1 aliphatic rings. The number of nitro benzene ring substituents is 1. The number of rotatable bonds is 2. The van der Waals surface area contributed by atoms with E-state index in [1.807, 2.05) is 0 Å². The first-order valence-corrected chi connectivity index (χ1v) is 7.64. The Balaban J connectivity index is 2.23. The SMILES string of the molecule is CC1=NS(=O)(=O)c2cnccc2N1c1cccc([N+](=O)[O-])c1. The van der Waals surface area contributed by atoms with Crippen LogP contribution in [0.15, 0.2) is 52.0 Å². The van der Waals surface area contributed by atoms with Crippen LogP contribution in [-0.4, -0.2) is 24.2 Å². The topological polar surface area (TPSA) is 106 Å². The number of non-ortho nitro benzene ring substituents is 1. The molecule has 8 nitrogen and oxygen atoms in total. The van der Waals surface area contributed by atoms with Crippen LogP contribution < -0.4 is 4.90 Å². The lowest BCUT2D eigenvalue weighted by Crippen LogP contribution is -2.29. The minimum atomic E-state index is -3.81. The van der Waals surface area contributed by atoms with Crippen LogP contribution in [0.5, 0.6) is 0 Å². The summed E-state index contributed by atoms with van der Waals surface area (Å²) in [5.41, 5.74) is 0.732. The first-order valence-electron chi connectivity index (χ1n) is 6.20. The van der Waals surface area contributed by atoms with Gasteiger partial charge in [-0.1, -0.05) is 6.07 Å². The Morgan fingerprint density at radius 3 is 2.77 bits per heavy atom. The van der Waals surface area contributed by atoms with Crippen molar-refractivity contribution >= 4 is 32.9 Å². The van der Waals surface area contributed by atoms with Gasteiger partial charge in [-0.3, -0.25) is 20.0 Å². The smallest absolute Gasteiger partial charge is 0.287 e. The molecule has 0 amide bonds. The molecular weight excluding hydrogens is 308 g/mol. The average molecular weight is 318 g/mol. The third kappa shape index (κ3) is 2.21. The zero-order valence-electron chi connectivity index (χ0n) is 11.4. The molecule has 2 aromatic rings. The Bertz CT molecular complexity index is 908. The zero-order chi connectivity index (χ0) is 15.9. The quantitative estimate of drug-likeness (QED) is 0.621. The molecule has 0 atom stereocenters. The van der Waals surface area contributed by atoms with E-state index >= 15 is 0 Å². The van der Waals surface area contributed by atoms with E-state index in [4.69, 9.17) is 0 Å². The highest BCUT2D eigenvalue weighted by atomic mass is 32.2. The average Bonchev–Trinajstić information content (AvgIpc) is 2.47. The molecule has 2 heterocycles. The van der Waals surface area contributed by atoms with Crippen LogP contribution in [0.2, 0.25) is 0 Å². The minimum absolute atomic E-state index is 0.0351. The van der Waals surface area contributed by atoms with Crippen molar-refractivity contribution in [3.63, 3.8) is 0 Å². The lowest BCUT2D eigenvalue weighted by molar-refractivity contribution is -0.384. The third-order valence-corrected chi connectivity index (χ3v) is 4.53. The van der Waals surface area contributed by atoms with Crippen LogP contribution >= 0.6 is 0 Å². The number of amidine groups is 1. The molecule has 0 radical (unpaired) electrons. The minimum Gasteiger partial charge on any atom is -0.296 e. The number of sulfonamides is 1. The summed E-state index contributed by atoms with van der Waals surface area (Å²) in [6, 6.07) is 7.44. The first kappa shape index (κ1) is 14.1. The maximum atomic E-state index is 12.1. The highest BCUT2D eigenvalue weighted by molar-refractivity contribution is 7.90. The van der Waals surface area contributed by atoms with Crippen molar-refractivity contribution < 1.29 is 13.3 Å². The van der Waals surface area contributed by atoms with Gasteiger partial charge in [0, 0.05) is 24.5 Å². The van der Waals surface area contributed by atoms with E-state index < -0.39 is 14.9 Å². The maximum Gasteiger partial charge on any atom is 0.287 e. The molecule has 0 saturated carbocycles. The Labute approximate surface area is 126 Å². The van der Waals surface area contributed by atoms with Crippen molar-refractivity contribution in [2.75, 3.05) is 4.90 Å². The number of nitro groups is 1. The molecule has 3 rings (SSSR count). The number of hydrogen-bond donors (Lipinski definition) is 0. The van der Waals surface area contributed by atoms with Crippen molar-refractivity contribution in [3.05, 3.63) is 52.8 Å². The normalized spacial score (nSPS) is 15.9. The van der Waals surface area contributed by atoms with E-state index in [1.165, 1.54) is 43.6 Å². The van der Waals surface area contributed by atoms with Crippen LogP contribution in [0.4, 0.5) is 17.1 Å². The van der Waals surface area contributed by atoms with Crippen molar-refractivity contribution in [2.24, 2.45) is 4.40 Å². The molecule has 112 valence electrons. The van der Waals surface area contributed by atoms with Crippen molar-refractivity contribution in [2.45, 2.75) is 11.8 Å². The van der Waals surface area contributed by atoms with Gasteiger partial charge in [0.05, 0.1) is 16.3 Å². The number of fused-ring (bicyclic) bond motifs is 1. The summed E-state index contributed by atoms with van der Waals surface area (Å²) >= 11 is 0. The van der Waals surface area contributed by atoms with Gasteiger partial charge >= 0.3 is 0 Å². The largest absolute Gasteiger partial charge is 0.296 e. The zero-order valence-corrected chi connectivity index (χ0v) is 12.2. The van der Waals surface area contributed by atoms with Gasteiger partial charge in [0.25, 0.3) is 15.7 Å². The molecule has 1 aromatic heterocycles. The number of aromatic nitrogens is 1. The fourth-order valence-corrected chi connectivity index (χ4v) is 3.41. The predicted molar refractivity (Wildman–Crippen MR) is 79.8 cm³/mol. The van der Waals surface area contributed by atoms with E-state index in [0.29, 0.717) is 11.4 Å². The summed E-state index contributed by atoms with van der Waals surface area (Å²) in [5, 5.41) is 10.9. The third-order valence-electron chi connectivity index (χ3n) is 3.16. The van der Waals surface area contributed by atoms with Gasteiger partial charge in [0.1, 0.15) is 10.7 Å². The lowest BCUT2D eigenvalue weighted by Gasteiger charge is -2.28. The summed E-state index contributed by atoms with van der Waals surface area (Å²) in [6.45, 7) is 1.53. The highest BCUT2D eigenvalue weighted by Gasteiger charge is 2.30. The summed E-state index contributed by atoms with van der Waals surface area (Å²) in [5.74, 6) is 0.208. The second-order valence-corrected chi connectivity index (χ2v) is 6.14. The Morgan fingerprint density at radius 1 is 1.27 bits per heavy atom. The van der Waals surface area contributed by atoms with Crippen molar-refractivity contribution in [1.82, 2.24) is 4.98 Å². The van der Waals surface area contributed by atoms with E-state index in [-0.39, 0.29) is 16.4 Å². The van der Waals surface area contributed by atoms with Crippen LogP contribution in [0.3, 0.4) is 0 Å². The molecule has 0 N–H and O–H groups in total. The molecule has 0 aliphatic carbocycles. The highest BCUT2D eigenvalue weighted by Crippen LogP contribution is 2.36.